The third-order valence-electron chi connectivity index (χ3n) is 3.17. The topological polar surface area (TPSA) is 69.6 Å². The zero-order chi connectivity index (χ0) is 11.6. The lowest BCUT2D eigenvalue weighted by Gasteiger charge is -2.29. The average molecular weight is 223 g/mol. The van der Waals surface area contributed by atoms with Gasteiger partial charge < -0.3 is 5.73 Å². The van der Waals surface area contributed by atoms with Crippen LogP contribution in [-0.4, -0.2) is 20.2 Å². The summed E-state index contributed by atoms with van der Waals surface area (Å²) >= 11 is 0. The van der Waals surface area contributed by atoms with Crippen LogP contribution in [0.25, 0.3) is 0 Å². The first-order chi connectivity index (χ1) is 7.60. The first-order valence-electron chi connectivity index (χ1n) is 6.17. The molecule has 1 aliphatic carbocycles. The lowest BCUT2D eigenvalue weighted by atomic mass is 9.82. The maximum Gasteiger partial charge on any atom is 0.194 e. The van der Waals surface area contributed by atoms with Gasteiger partial charge in [0.05, 0.1) is 12.1 Å². The number of rotatable bonds is 3. The maximum absolute atomic E-state index is 6.35. The molecule has 0 bridgehead atoms. The van der Waals surface area contributed by atoms with Crippen LogP contribution in [0.15, 0.2) is 0 Å². The Kier molecular flexibility index (Phi) is 3.23. The molecule has 0 spiro atoms. The van der Waals surface area contributed by atoms with Gasteiger partial charge in [0.25, 0.3) is 0 Å². The molecule has 90 valence electrons. The minimum absolute atomic E-state index is 0.326. The van der Waals surface area contributed by atoms with E-state index in [0.717, 1.165) is 25.2 Å². The summed E-state index contributed by atoms with van der Waals surface area (Å²) in [5.41, 5.74) is 6.02. The number of hydrogen-bond acceptors (Lipinski definition) is 4. The summed E-state index contributed by atoms with van der Waals surface area (Å²) in [6.45, 7) is 5.09. The monoisotopic (exact) mass is 223 g/mol. The van der Waals surface area contributed by atoms with Crippen LogP contribution >= 0.6 is 0 Å². The molecule has 5 nitrogen and oxygen atoms in total. The van der Waals surface area contributed by atoms with E-state index in [1.165, 1.54) is 19.3 Å². The largest absolute Gasteiger partial charge is 0.319 e. The zero-order valence-electron chi connectivity index (χ0n) is 10.2. The second-order valence-electron chi connectivity index (χ2n) is 5.28. The van der Waals surface area contributed by atoms with Crippen LogP contribution in [0.5, 0.6) is 0 Å². The van der Waals surface area contributed by atoms with E-state index in [9.17, 15) is 0 Å². The summed E-state index contributed by atoms with van der Waals surface area (Å²) in [6, 6.07) is 0. The van der Waals surface area contributed by atoms with Crippen molar-refractivity contribution in [3.63, 3.8) is 0 Å². The van der Waals surface area contributed by atoms with Crippen molar-refractivity contribution in [2.45, 2.75) is 58.0 Å². The Labute approximate surface area is 96.4 Å². The molecular weight excluding hydrogens is 202 g/mol. The van der Waals surface area contributed by atoms with Gasteiger partial charge in [-0.15, -0.1) is 10.2 Å². The third-order valence-corrected chi connectivity index (χ3v) is 3.17. The Bertz CT molecular complexity index is 338. The van der Waals surface area contributed by atoms with Gasteiger partial charge in [-0.25, -0.2) is 0 Å². The molecular formula is C11H21N5. The lowest BCUT2D eigenvalue weighted by molar-refractivity contribution is 0.285. The van der Waals surface area contributed by atoms with Crippen LogP contribution in [0.4, 0.5) is 0 Å². The molecule has 0 radical (unpaired) electrons. The Morgan fingerprint density at radius 2 is 2.00 bits per heavy atom. The lowest BCUT2D eigenvalue weighted by Crippen LogP contribution is -2.39. The third kappa shape index (κ3) is 2.40. The van der Waals surface area contributed by atoms with Crippen LogP contribution in [0.2, 0.25) is 0 Å². The fourth-order valence-corrected chi connectivity index (χ4v) is 2.25. The molecule has 1 aromatic heterocycles. The highest BCUT2D eigenvalue weighted by atomic mass is 15.6. The molecule has 2 rings (SSSR count). The predicted octanol–water partition coefficient (Wildman–Crippen LogP) is 1.45. The molecule has 1 aliphatic rings. The Morgan fingerprint density at radius 1 is 1.31 bits per heavy atom. The highest BCUT2D eigenvalue weighted by Gasteiger charge is 2.33. The van der Waals surface area contributed by atoms with Gasteiger partial charge in [-0.05, 0) is 24.0 Å². The Balaban J connectivity index is 2.10. The van der Waals surface area contributed by atoms with E-state index >= 15 is 0 Å². The number of aromatic nitrogens is 4. The van der Waals surface area contributed by atoms with Crippen LogP contribution in [-0.2, 0) is 12.1 Å². The van der Waals surface area contributed by atoms with Gasteiger partial charge in [0.1, 0.15) is 0 Å². The van der Waals surface area contributed by atoms with E-state index < -0.39 is 0 Å². The minimum atomic E-state index is -0.326. The number of hydrogen-bond donors (Lipinski definition) is 1. The van der Waals surface area contributed by atoms with Crippen molar-refractivity contribution in [1.82, 2.24) is 20.2 Å². The van der Waals surface area contributed by atoms with Gasteiger partial charge in [0.15, 0.2) is 5.82 Å². The predicted molar refractivity (Wildman–Crippen MR) is 61.6 cm³/mol. The summed E-state index contributed by atoms with van der Waals surface area (Å²) in [4.78, 5) is 1.67. The molecule has 0 amide bonds. The van der Waals surface area contributed by atoms with E-state index in [0.29, 0.717) is 5.92 Å². The van der Waals surface area contributed by atoms with Crippen molar-refractivity contribution in [3.8, 4) is 0 Å². The second-order valence-corrected chi connectivity index (χ2v) is 5.28. The SMILES string of the molecule is CC(C)Cn1nnc(C2(N)CCCCC2)n1. The fourth-order valence-electron chi connectivity index (χ4n) is 2.25. The highest BCUT2D eigenvalue weighted by molar-refractivity contribution is 5.02. The molecule has 0 aromatic carbocycles. The molecule has 16 heavy (non-hydrogen) atoms. The van der Waals surface area contributed by atoms with E-state index in [-0.39, 0.29) is 5.54 Å². The first kappa shape index (κ1) is 11.5. The zero-order valence-corrected chi connectivity index (χ0v) is 10.2. The van der Waals surface area contributed by atoms with Gasteiger partial charge in [-0.2, -0.15) is 4.80 Å². The summed E-state index contributed by atoms with van der Waals surface area (Å²) in [5.74, 6) is 1.26. The van der Waals surface area contributed by atoms with E-state index in [1.54, 1.807) is 4.80 Å². The van der Waals surface area contributed by atoms with Crippen molar-refractivity contribution in [2.75, 3.05) is 0 Å². The fraction of sp³-hybridized carbons (Fsp3) is 0.909. The van der Waals surface area contributed by atoms with Crippen LogP contribution in [0.1, 0.15) is 51.8 Å². The number of nitrogens with two attached hydrogens (primary N) is 1. The highest BCUT2D eigenvalue weighted by Crippen LogP contribution is 2.32. The maximum atomic E-state index is 6.35. The van der Waals surface area contributed by atoms with Crippen molar-refractivity contribution in [1.29, 1.82) is 0 Å². The van der Waals surface area contributed by atoms with Crippen LogP contribution < -0.4 is 5.73 Å². The molecule has 0 unspecified atom stereocenters. The standard InChI is InChI=1S/C11H21N5/c1-9(2)8-16-14-10(13-15-16)11(12)6-4-3-5-7-11/h9H,3-8,12H2,1-2H3. The van der Waals surface area contributed by atoms with Gasteiger partial charge in [-0.3, -0.25) is 0 Å². The molecule has 1 aromatic rings. The minimum Gasteiger partial charge on any atom is -0.319 e. The van der Waals surface area contributed by atoms with Gasteiger partial charge in [-0.1, -0.05) is 33.1 Å². The van der Waals surface area contributed by atoms with E-state index in [1.807, 2.05) is 0 Å². The van der Waals surface area contributed by atoms with Gasteiger partial charge in [0, 0.05) is 0 Å². The molecule has 0 atom stereocenters. The van der Waals surface area contributed by atoms with Crippen LogP contribution in [0.3, 0.4) is 0 Å². The number of tetrazole rings is 1. The molecule has 1 fully saturated rings. The summed E-state index contributed by atoms with van der Waals surface area (Å²) in [7, 11) is 0. The van der Waals surface area contributed by atoms with Crippen molar-refractivity contribution in [3.05, 3.63) is 5.82 Å². The van der Waals surface area contributed by atoms with Crippen LogP contribution in [0, 0.1) is 5.92 Å². The van der Waals surface area contributed by atoms with Crippen molar-refractivity contribution < 1.29 is 0 Å². The van der Waals surface area contributed by atoms with Gasteiger partial charge in [0.2, 0.25) is 0 Å². The molecule has 0 aliphatic heterocycles. The van der Waals surface area contributed by atoms with E-state index in [2.05, 4.69) is 29.3 Å². The van der Waals surface area contributed by atoms with Crippen molar-refractivity contribution >= 4 is 0 Å². The quantitative estimate of drug-likeness (QED) is 0.842. The molecule has 2 N–H and O–H groups in total. The second kappa shape index (κ2) is 4.49. The van der Waals surface area contributed by atoms with Gasteiger partial charge >= 0.3 is 0 Å². The normalized spacial score (nSPS) is 20.2. The summed E-state index contributed by atoms with van der Waals surface area (Å²) in [5, 5.41) is 12.6. The molecule has 0 saturated heterocycles. The average Bonchev–Trinajstić information content (AvgIpc) is 2.67. The smallest absolute Gasteiger partial charge is 0.194 e. The summed E-state index contributed by atoms with van der Waals surface area (Å²) in [6.07, 6.45) is 5.60. The van der Waals surface area contributed by atoms with E-state index in [4.69, 9.17) is 5.73 Å². The first-order valence-corrected chi connectivity index (χ1v) is 6.17. The molecule has 1 saturated carbocycles. The Hall–Kier alpha value is -0.970. The Morgan fingerprint density at radius 3 is 2.62 bits per heavy atom. The molecule has 5 heteroatoms. The number of nitrogens with zero attached hydrogens (tertiary/aromatic N) is 4. The van der Waals surface area contributed by atoms with Crippen molar-refractivity contribution in [2.24, 2.45) is 11.7 Å². The summed E-state index contributed by atoms with van der Waals surface area (Å²) < 4.78 is 0. The molecule has 1 heterocycles.